The van der Waals surface area contributed by atoms with Crippen molar-refractivity contribution >= 4 is 23.4 Å². The van der Waals surface area contributed by atoms with E-state index >= 15 is 0 Å². The van der Waals surface area contributed by atoms with E-state index in [4.69, 9.17) is 4.74 Å². The summed E-state index contributed by atoms with van der Waals surface area (Å²) in [6.07, 6.45) is 1.58. The van der Waals surface area contributed by atoms with E-state index in [-0.39, 0.29) is 5.56 Å². The number of ether oxygens (including phenoxy) is 1. The van der Waals surface area contributed by atoms with Crippen molar-refractivity contribution in [3.8, 4) is 0 Å². The van der Waals surface area contributed by atoms with E-state index in [1.165, 1.54) is 23.3 Å². The number of esters is 1. The predicted octanol–water partition coefficient (Wildman–Crippen LogP) is 2.94. The molecule has 0 aliphatic rings. The van der Waals surface area contributed by atoms with Gasteiger partial charge in [-0.1, -0.05) is 35.5 Å². The number of rotatable bonds is 3. The highest BCUT2D eigenvalue weighted by molar-refractivity contribution is 7.99. The second kappa shape index (κ2) is 6.26. The quantitative estimate of drug-likeness (QED) is 0.547. The third-order valence-electron chi connectivity index (χ3n) is 3.33. The van der Waals surface area contributed by atoms with E-state index in [0.717, 1.165) is 10.5 Å². The number of carbonyl (C=O) groups is 1. The molecule has 0 saturated carbocycles. The molecule has 2 aromatic heterocycles. The maximum atomic E-state index is 12.6. The lowest BCUT2D eigenvalue weighted by atomic mass is 10.2. The minimum atomic E-state index is -0.685. The molecule has 116 valence electrons. The van der Waals surface area contributed by atoms with Gasteiger partial charge in [-0.2, -0.15) is 0 Å². The van der Waals surface area contributed by atoms with Crippen LogP contribution in [0.25, 0.3) is 5.65 Å². The Morgan fingerprint density at radius 2 is 1.91 bits per heavy atom. The van der Waals surface area contributed by atoms with Crippen LogP contribution in [0.2, 0.25) is 0 Å². The van der Waals surface area contributed by atoms with Gasteiger partial charge in [0.25, 0.3) is 5.56 Å². The third kappa shape index (κ3) is 2.98. The topological polar surface area (TPSA) is 60.7 Å². The first-order chi connectivity index (χ1) is 11.1. The number of hydrogen-bond acceptors (Lipinski definition) is 5. The Labute approximate surface area is 136 Å². The molecule has 0 amide bonds. The zero-order valence-electron chi connectivity index (χ0n) is 12.6. The van der Waals surface area contributed by atoms with Crippen LogP contribution in [0, 0.1) is 6.92 Å². The van der Waals surface area contributed by atoms with Gasteiger partial charge in [-0.25, -0.2) is 9.78 Å². The first-order valence-corrected chi connectivity index (χ1v) is 7.76. The molecular weight excluding hydrogens is 312 g/mol. The van der Waals surface area contributed by atoms with Gasteiger partial charge in [0.2, 0.25) is 0 Å². The lowest BCUT2D eigenvalue weighted by Gasteiger charge is -2.09. The van der Waals surface area contributed by atoms with E-state index < -0.39 is 11.5 Å². The van der Waals surface area contributed by atoms with Gasteiger partial charge >= 0.3 is 5.97 Å². The van der Waals surface area contributed by atoms with Crippen LogP contribution >= 0.6 is 11.8 Å². The lowest BCUT2D eigenvalue weighted by Crippen LogP contribution is -2.25. The fourth-order valence-corrected chi connectivity index (χ4v) is 3.04. The van der Waals surface area contributed by atoms with Gasteiger partial charge in [0, 0.05) is 11.1 Å². The van der Waals surface area contributed by atoms with Crippen LogP contribution in [0.15, 0.2) is 63.4 Å². The van der Waals surface area contributed by atoms with Gasteiger partial charge in [-0.05, 0) is 31.2 Å². The second-order valence-electron chi connectivity index (χ2n) is 4.93. The van der Waals surface area contributed by atoms with Crippen LogP contribution in [0.4, 0.5) is 0 Å². The van der Waals surface area contributed by atoms with E-state index in [1.54, 1.807) is 24.4 Å². The zero-order chi connectivity index (χ0) is 16.4. The molecule has 0 radical (unpaired) electrons. The smallest absolute Gasteiger partial charge is 0.346 e. The van der Waals surface area contributed by atoms with Gasteiger partial charge in [0.1, 0.15) is 10.7 Å². The SMILES string of the molecule is COC(=O)c1c(Sc2ccc(C)cc2)nc2ccccn2c1=O. The van der Waals surface area contributed by atoms with Crippen LogP contribution in [0.3, 0.4) is 0 Å². The van der Waals surface area contributed by atoms with Gasteiger partial charge in [-0.15, -0.1) is 0 Å². The maximum absolute atomic E-state index is 12.6. The summed E-state index contributed by atoms with van der Waals surface area (Å²) in [7, 11) is 1.25. The number of aromatic nitrogens is 2. The lowest BCUT2D eigenvalue weighted by molar-refractivity contribution is 0.0593. The number of pyridine rings is 1. The molecule has 3 aromatic rings. The van der Waals surface area contributed by atoms with Crippen LogP contribution in [-0.4, -0.2) is 22.5 Å². The number of fused-ring (bicyclic) bond motifs is 1. The van der Waals surface area contributed by atoms with Gasteiger partial charge in [-0.3, -0.25) is 9.20 Å². The number of hydrogen-bond donors (Lipinski definition) is 0. The number of carbonyl (C=O) groups excluding carboxylic acids is 1. The molecule has 0 aliphatic heterocycles. The highest BCUT2D eigenvalue weighted by Crippen LogP contribution is 2.28. The fraction of sp³-hybridized carbons (Fsp3) is 0.118. The van der Waals surface area contributed by atoms with Gasteiger partial charge in [0.15, 0.2) is 5.56 Å². The number of benzene rings is 1. The maximum Gasteiger partial charge on any atom is 0.346 e. The number of nitrogens with zero attached hydrogens (tertiary/aromatic N) is 2. The Morgan fingerprint density at radius 3 is 2.61 bits per heavy atom. The minimum absolute atomic E-state index is 0.0539. The molecule has 0 atom stereocenters. The average molecular weight is 326 g/mol. The number of aryl methyl sites for hydroxylation is 1. The van der Waals surface area contributed by atoms with Crippen molar-refractivity contribution in [2.45, 2.75) is 16.8 Å². The van der Waals surface area contributed by atoms with E-state index in [9.17, 15) is 9.59 Å². The van der Waals surface area contributed by atoms with E-state index in [1.807, 2.05) is 31.2 Å². The normalized spacial score (nSPS) is 10.7. The first kappa shape index (κ1) is 15.3. The molecule has 0 unspecified atom stereocenters. The molecule has 0 N–H and O–H groups in total. The first-order valence-electron chi connectivity index (χ1n) is 6.94. The fourth-order valence-electron chi connectivity index (χ4n) is 2.14. The Hall–Kier alpha value is -2.60. The summed E-state index contributed by atoms with van der Waals surface area (Å²) in [5.74, 6) is -0.685. The molecule has 3 rings (SSSR count). The van der Waals surface area contributed by atoms with Crippen molar-refractivity contribution in [3.63, 3.8) is 0 Å². The van der Waals surface area contributed by atoms with Crippen LogP contribution in [0.1, 0.15) is 15.9 Å². The molecule has 0 fully saturated rings. The zero-order valence-corrected chi connectivity index (χ0v) is 13.5. The predicted molar refractivity (Wildman–Crippen MR) is 88.1 cm³/mol. The van der Waals surface area contributed by atoms with Crippen molar-refractivity contribution in [1.29, 1.82) is 0 Å². The largest absolute Gasteiger partial charge is 0.465 e. The minimum Gasteiger partial charge on any atom is -0.465 e. The second-order valence-corrected chi connectivity index (χ2v) is 5.99. The molecule has 6 heteroatoms. The third-order valence-corrected chi connectivity index (χ3v) is 4.32. The van der Waals surface area contributed by atoms with Crippen molar-refractivity contribution < 1.29 is 9.53 Å². The average Bonchev–Trinajstić information content (AvgIpc) is 2.57. The summed E-state index contributed by atoms with van der Waals surface area (Å²) >= 11 is 1.27. The van der Waals surface area contributed by atoms with E-state index in [2.05, 4.69) is 4.98 Å². The summed E-state index contributed by atoms with van der Waals surface area (Å²) < 4.78 is 6.10. The van der Waals surface area contributed by atoms with Crippen molar-refractivity contribution in [2.75, 3.05) is 7.11 Å². The molecule has 1 aromatic carbocycles. The molecule has 5 nitrogen and oxygen atoms in total. The number of methoxy groups -OCH3 is 1. The van der Waals surface area contributed by atoms with Gasteiger partial charge in [0.05, 0.1) is 7.11 Å². The molecular formula is C17H14N2O3S. The molecule has 23 heavy (non-hydrogen) atoms. The van der Waals surface area contributed by atoms with Gasteiger partial charge < -0.3 is 4.74 Å². The Bertz CT molecular complexity index is 933. The Balaban J connectivity index is 2.19. The van der Waals surface area contributed by atoms with Crippen molar-refractivity contribution in [2.24, 2.45) is 0 Å². The summed E-state index contributed by atoms with van der Waals surface area (Å²) in [4.78, 5) is 30.0. The monoisotopic (exact) mass is 326 g/mol. The highest BCUT2D eigenvalue weighted by Gasteiger charge is 2.21. The Kier molecular flexibility index (Phi) is 4.16. The summed E-state index contributed by atoms with van der Waals surface area (Å²) in [6, 6.07) is 13.0. The van der Waals surface area contributed by atoms with Crippen molar-refractivity contribution in [1.82, 2.24) is 9.38 Å². The molecule has 2 heterocycles. The molecule has 0 saturated heterocycles. The van der Waals surface area contributed by atoms with Crippen molar-refractivity contribution in [3.05, 3.63) is 70.1 Å². The summed E-state index contributed by atoms with van der Waals surface area (Å²) in [6.45, 7) is 2.00. The van der Waals surface area contributed by atoms with Crippen LogP contribution in [-0.2, 0) is 4.74 Å². The summed E-state index contributed by atoms with van der Waals surface area (Å²) in [5.41, 5.74) is 1.13. The molecule has 0 spiro atoms. The highest BCUT2D eigenvalue weighted by atomic mass is 32.2. The Morgan fingerprint density at radius 1 is 1.17 bits per heavy atom. The molecule has 0 aliphatic carbocycles. The standard InChI is InChI=1S/C17H14N2O3S/c1-11-6-8-12(9-7-11)23-15-14(17(21)22-2)16(20)19-10-4-3-5-13(19)18-15/h3-10H,1-2H3. The van der Waals surface area contributed by atoms with Crippen LogP contribution in [0.5, 0.6) is 0 Å². The van der Waals surface area contributed by atoms with E-state index in [0.29, 0.717) is 10.7 Å². The molecule has 0 bridgehead atoms. The summed E-state index contributed by atoms with van der Waals surface area (Å²) in [5, 5.41) is 0.344. The van der Waals surface area contributed by atoms with Crippen LogP contribution < -0.4 is 5.56 Å².